The van der Waals surface area contributed by atoms with Crippen LogP contribution in [-0.4, -0.2) is 47.8 Å². The Bertz CT molecular complexity index is 727. The minimum absolute atomic E-state index is 0.0937. The van der Waals surface area contributed by atoms with Crippen LogP contribution >= 0.6 is 0 Å². The lowest BCUT2D eigenvalue weighted by atomic mass is 9.73. The van der Waals surface area contributed by atoms with Crippen molar-refractivity contribution in [3.8, 4) is 0 Å². The molecule has 3 rings (SSSR count). The Hall–Kier alpha value is -2.37. The third-order valence-corrected chi connectivity index (χ3v) is 6.12. The van der Waals surface area contributed by atoms with Crippen molar-refractivity contribution in [3.05, 3.63) is 29.8 Å². The van der Waals surface area contributed by atoms with Crippen LogP contribution in [-0.2, 0) is 4.79 Å². The predicted octanol–water partition coefficient (Wildman–Crippen LogP) is 3.22. The highest BCUT2D eigenvalue weighted by Gasteiger charge is 2.55. The number of hydrogen-bond acceptors (Lipinski definition) is 4. The molecule has 0 unspecified atom stereocenters. The molecule has 1 N–H and O–H groups in total. The predicted molar refractivity (Wildman–Crippen MR) is 105 cm³/mol. The van der Waals surface area contributed by atoms with Crippen LogP contribution in [0, 0.1) is 5.92 Å². The Kier molecular flexibility index (Phi) is 5.53. The molecule has 2 aliphatic rings. The number of imide groups is 1. The van der Waals surface area contributed by atoms with E-state index in [1.54, 1.807) is 12.1 Å². The van der Waals surface area contributed by atoms with E-state index in [-0.39, 0.29) is 24.2 Å². The minimum Gasteiger partial charge on any atom is -0.372 e. The number of anilines is 1. The lowest BCUT2D eigenvalue weighted by Crippen LogP contribution is -2.54. The van der Waals surface area contributed by atoms with E-state index >= 15 is 0 Å². The fraction of sp³-hybridized carbons (Fsp3) is 0.571. The molecule has 1 saturated carbocycles. The Labute approximate surface area is 160 Å². The van der Waals surface area contributed by atoms with Crippen molar-refractivity contribution in [1.82, 2.24) is 10.2 Å². The van der Waals surface area contributed by atoms with E-state index < -0.39 is 11.6 Å². The van der Waals surface area contributed by atoms with Gasteiger partial charge >= 0.3 is 6.03 Å². The summed E-state index contributed by atoms with van der Waals surface area (Å²) < 4.78 is 0. The molecule has 1 saturated heterocycles. The van der Waals surface area contributed by atoms with Crippen LogP contribution < -0.4 is 10.2 Å². The maximum absolute atomic E-state index is 13.0. The molecule has 2 fully saturated rings. The van der Waals surface area contributed by atoms with E-state index in [0.717, 1.165) is 42.9 Å². The van der Waals surface area contributed by atoms with E-state index in [9.17, 15) is 14.4 Å². The molecule has 1 aromatic rings. The number of nitrogens with zero attached hydrogens (tertiary/aromatic N) is 2. The first-order valence-electron chi connectivity index (χ1n) is 9.95. The van der Waals surface area contributed by atoms with E-state index in [4.69, 9.17) is 0 Å². The number of urea groups is 1. The van der Waals surface area contributed by atoms with Crippen molar-refractivity contribution in [2.45, 2.75) is 52.0 Å². The number of benzene rings is 1. The van der Waals surface area contributed by atoms with Gasteiger partial charge in [0, 0.05) is 24.3 Å². The van der Waals surface area contributed by atoms with Crippen molar-refractivity contribution in [2.24, 2.45) is 5.92 Å². The number of ketones is 1. The lowest BCUT2D eigenvalue weighted by Gasteiger charge is -2.36. The zero-order valence-electron chi connectivity index (χ0n) is 16.5. The first kappa shape index (κ1) is 19.4. The normalized spacial score (nSPS) is 25.0. The second-order valence-corrected chi connectivity index (χ2v) is 7.58. The highest BCUT2D eigenvalue weighted by atomic mass is 16.2. The summed E-state index contributed by atoms with van der Waals surface area (Å²) in [5.74, 6) is -0.367. The Morgan fingerprint density at radius 3 is 2.44 bits per heavy atom. The fourth-order valence-corrected chi connectivity index (χ4v) is 4.32. The first-order chi connectivity index (χ1) is 12.9. The maximum atomic E-state index is 13.0. The molecule has 1 aliphatic heterocycles. The van der Waals surface area contributed by atoms with Crippen molar-refractivity contribution in [1.29, 1.82) is 0 Å². The molecule has 1 spiro atoms. The average molecular weight is 371 g/mol. The topological polar surface area (TPSA) is 69.7 Å². The molecule has 27 heavy (non-hydrogen) atoms. The number of hydrogen-bond donors (Lipinski definition) is 1. The second-order valence-electron chi connectivity index (χ2n) is 7.58. The van der Waals surface area contributed by atoms with Crippen LogP contribution in [0.3, 0.4) is 0 Å². The molecule has 3 amide bonds. The monoisotopic (exact) mass is 371 g/mol. The molecular formula is C21H29N3O3. The Balaban J connectivity index is 1.72. The average Bonchev–Trinajstić information content (AvgIpc) is 2.90. The first-order valence-corrected chi connectivity index (χ1v) is 9.95. The fourth-order valence-electron chi connectivity index (χ4n) is 4.32. The molecule has 1 heterocycles. The lowest BCUT2D eigenvalue weighted by molar-refractivity contribution is -0.133. The SMILES string of the molecule is CCN(CC)c1ccc(C(=O)CN2C(=O)N[C@]3(CCCC[C@H]3C)C2=O)cc1. The van der Waals surface area contributed by atoms with E-state index in [1.807, 2.05) is 19.1 Å². The maximum Gasteiger partial charge on any atom is 0.325 e. The molecule has 2 atom stereocenters. The van der Waals surface area contributed by atoms with Crippen LogP contribution in [0.2, 0.25) is 0 Å². The van der Waals surface area contributed by atoms with Gasteiger partial charge in [-0.3, -0.25) is 14.5 Å². The summed E-state index contributed by atoms with van der Waals surface area (Å²) in [5, 5.41) is 2.89. The van der Waals surface area contributed by atoms with Gasteiger partial charge < -0.3 is 10.2 Å². The second kappa shape index (κ2) is 7.71. The van der Waals surface area contributed by atoms with E-state index in [1.165, 1.54) is 0 Å². The van der Waals surface area contributed by atoms with Gasteiger partial charge in [0.1, 0.15) is 5.54 Å². The van der Waals surface area contributed by atoms with Crippen molar-refractivity contribution >= 4 is 23.4 Å². The summed E-state index contributed by atoms with van der Waals surface area (Å²) in [7, 11) is 0. The largest absolute Gasteiger partial charge is 0.372 e. The number of carbonyl (C=O) groups is 3. The van der Waals surface area contributed by atoms with Gasteiger partial charge in [0.15, 0.2) is 5.78 Å². The van der Waals surface area contributed by atoms with Crippen molar-refractivity contribution in [3.63, 3.8) is 0 Å². The standard InChI is InChI=1S/C21H29N3O3/c1-4-23(5-2)17-11-9-16(10-12-17)18(25)14-24-19(26)21(22-20(24)27)13-7-6-8-15(21)3/h9-12,15H,4-8,13-14H2,1-3H3,(H,22,27)/t15-,21+/m1/s1. The van der Waals surface area contributed by atoms with Crippen molar-refractivity contribution < 1.29 is 14.4 Å². The summed E-state index contributed by atoms with van der Waals surface area (Å²) in [6.07, 6.45) is 3.57. The summed E-state index contributed by atoms with van der Waals surface area (Å²) in [4.78, 5) is 41.4. The summed E-state index contributed by atoms with van der Waals surface area (Å²) in [6.45, 7) is 7.77. The van der Waals surface area contributed by atoms with Gasteiger partial charge in [0.2, 0.25) is 0 Å². The highest BCUT2D eigenvalue weighted by molar-refractivity contribution is 6.11. The van der Waals surface area contributed by atoms with Gasteiger partial charge in [-0.25, -0.2) is 4.79 Å². The zero-order chi connectivity index (χ0) is 19.6. The van der Waals surface area contributed by atoms with Crippen LogP contribution in [0.4, 0.5) is 10.5 Å². The molecule has 0 aromatic heterocycles. The number of carbonyl (C=O) groups excluding carboxylic acids is 3. The van der Waals surface area contributed by atoms with Gasteiger partial charge in [-0.2, -0.15) is 0 Å². The molecule has 146 valence electrons. The molecule has 0 bridgehead atoms. The van der Waals surface area contributed by atoms with E-state index in [2.05, 4.69) is 24.1 Å². The van der Waals surface area contributed by atoms with Gasteiger partial charge in [-0.1, -0.05) is 19.8 Å². The molecular weight excluding hydrogens is 342 g/mol. The molecule has 1 aromatic carbocycles. The number of amides is 3. The molecule has 6 nitrogen and oxygen atoms in total. The molecule has 1 aliphatic carbocycles. The zero-order valence-corrected chi connectivity index (χ0v) is 16.5. The van der Waals surface area contributed by atoms with Crippen molar-refractivity contribution in [2.75, 3.05) is 24.5 Å². The number of Topliss-reactive ketones (excluding diaryl/α,β-unsaturated/α-hetero) is 1. The third-order valence-electron chi connectivity index (χ3n) is 6.12. The Morgan fingerprint density at radius 2 is 1.85 bits per heavy atom. The quantitative estimate of drug-likeness (QED) is 0.616. The minimum atomic E-state index is -0.817. The van der Waals surface area contributed by atoms with Crippen LogP contribution in [0.15, 0.2) is 24.3 Å². The van der Waals surface area contributed by atoms with Crippen LogP contribution in [0.1, 0.15) is 56.8 Å². The summed E-state index contributed by atoms with van der Waals surface area (Å²) in [6, 6.07) is 6.93. The van der Waals surface area contributed by atoms with Gasteiger partial charge in [-0.05, 0) is 56.9 Å². The number of rotatable bonds is 6. The number of nitrogens with one attached hydrogen (secondary N) is 1. The van der Waals surface area contributed by atoms with Crippen LogP contribution in [0.25, 0.3) is 0 Å². The Morgan fingerprint density at radius 1 is 1.19 bits per heavy atom. The molecule has 6 heteroatoms. The third kappa shape index (κ3) is 3.45. The summed E-state index contributed by atoms with van der Waals surface area (Å²) in [5.41, 5.74) is 0.757. The molecule has 0 radical (unpaired) electrons. The van der Waals surface area contributed by atoms with Crippen LogP contribution in [0.5, 0.6) is 0 Å². The van der Waals surface area contributed by atoms with Gasteiger partial charge in [0.05, 0.1) is 6.54 Å². The van der Waals surface area contributed by atoms with E-state index in [0.29, 0.717) is 12.0 Å². The van der Waals surface area contributed by atoms with Gasteiger partial charge in [0.25, 0.3) is 5.91 Å². The van der Waals surface area contributed by atoms with Gasteiger partial charge in [-0.15, -0.1) is 0 Å². The smallest absolute Gasteiger partial charge is 0.325 e. The highest BCUT2D eigenvalue weighted by Crippen LogP contribution is 2.38. The summed E-state index contributed by atoms with van der Waals surface area (Å²) >= 11 is 0.